The normalized spacial score (nSPS) is 9.47. The van der Waals surface area contributed by atoms with Gasteiger partial charge in [0.2, 0.25) is 0 Å². The summed E-state index contributed by atoms with van der Waals surface area (Å²) in [6.45, 7) is 0. The molecule has 88 valence electrons. The molecule has 0 spiro atoms. The summed E-state index contributed by atoms with van der Waals surface area (Å²) in [6.07, 6.45) is 0. The summed E-state index contributed by atoms with van der Waals surface area (Å²) in [4.78, 5) is 12.0. The van der Waals surface area contributed by atoms with Gasteiger partial charge in [-0.3, -0.25) is 4.79 Å². The van der Waals surface area contributed by atoms with Crippen molar-refractivity contribution in [1.82, 2.24) is 6.15 Å². The fourth-order valence-corrected chi connectivity index (χ4v) is 1.46. The van der Waals surface area contributed by atoms with Gasteiger partial charge in [0.15, 0.2) is 5.78 Å². The van der Waals surface area contributed by atoms with Gasteiger partial charge in [0.25, 0.3) is 0 Å². The first-order chi connectivity index (χ1) is 7.68. The summed E-state index contributed by atoms with van der Waals surface area (Å²) in [5, 5.41) is 0. The molecule has 0 saturated heterocycles. The Kier molecular flexibility index (Phi) is 3.96. The highest BCUT2D eigenvalue weighted by atomic mass is 19.1. The second-order valence-electron chi connectivity index (χ2n) is 3.42. The van der Waals surface area contributed by atoms with Gasteiger partial charge in [-0.05, 0) is 36.4 Å². The number of carbonyl (C=O) groups is 1. The van der Waals surface area contributed by atoms with Crippen LogP contribution in [0.4, 0.5) is 10.1 Å². The van der Waals surface area contributed by atoms with Gasteiger partial charge in [-0.2, -0.15) is 0 Å². The maximum absolute atomic E-state index is 12.7. The minimum Gasteiger partial charge on any atom is -0.398 e. The largest absolute Gasteiger partial charge is 0.398 e. The number of rotatable bonds is 2. The number of hydrogen-bond donors (Lipinski definition) is 2. The standard InChI is InChI=1S/C13H10FNO.H3N/c14-10-7-5-9(6-8-10)13(16)11-3-1-2-4-12(11)15;/h1-8H,15H2;1H3. The molecule has 17 heavy (non-hydrogen) atoms. The van der Waals surface area contributed by atoms with E-state index in [-0.39, 0.29) is 17.8 Å². The van der Waals surface area contributed by atoms with Gasteiger partial charge < -0.3 is 11.9 Å². The van der Waals surface area contributed by atoms with Crippen molar-refractivity contribution in [3.05, 3.63) is 65.5 Å². The Morgan fingerprint density at radius 2 is 1.59 bits per heavy atom. The van der Waals surface area contributed by atoms with Crippen LogP contribution in [0.25, 0.3) is 0 Å². The zero-order valence-electron chi connectivity index (χ0n) is 9.19. The molecule has 0 amide bonds. The zero-order valence-corrected chi connectivity index (χ0v) is 9.19. The van der Waals surface area contributed by atoms with Crippen LogP contribution in [0, 0.1) is 5.82 Å². The molecule has 2 aromatic rings. The predicted molar refractivity (Wildman–Crippen MR) is 65.7 cm³/mol. The van der Waals surface area contributed by atoms with E-state index in [1.54, 1.807) is 24.3 Å². The Hall–Kier alpha value is -2.20. The van der Waals surface area contributed by atoms with Gasteiger partial charge in [-0.25, -0.2) is 4.39 Å². The van der Waals surface area contributed by atoms with E-state index in [0.29, 0.717) is 16.8 Å². The summed E-state index contributed by atoms with van der Waals surface area (Å²) in [5.74, 6) is -0.560. The van der Waals surface area contributed by atoms with Crippen LogP contribution in [0.15, 0.2) is 48.5 Å². The minimum absolute atomic E-state index is 0. The molecule has 0 bridgehead atoms. The number of nitrogens with two attached hydrogens (primary N) is 1. The third kappa shape index (κ3) is 2.68. The zero-order chi connectivity index (χ0) is 11.5. The Labute approximate surface area is 98.7 Å². The number of ketones is 1. The number of carbonyl (C=O) groups excluding carboxylic acids is 1. The van der Waals surface area contributed by atoms with Crippen molar-refractivity contribution in [2.45, 2.75) is 0 Å². The van der Waals surface area contributed by atoms with E-state index in [1.165, 1.54) is 24.3 Å². The first-order valence-electron chi connectivity index (χ1n) is 4.83. The second-order valence-corrected chi connectivity index (χ2v) is 3.42. The van der Waals surface area contributed by atoms with Crippen LogP contribution in [0.2, 0.25) is 0 Å². The van der Waals surface area contributed by atoms with Crippen molar-refractivity contribution in [3.63, 3.8) is 0 Å². The van der Waals surface area contributed by atoms with E-state index in [4.69, 9.17) is 5.73 Å². The second kappa shape index (κ2) is 5.23. The van der Waals surface area contributed by atoms with E-state index < -0.39 is 0 Å². The first kappa shape index (κ1) is 12.9. The average molecular weight is 232 g/mol. The molecule has 0 aliphatic carbocycles. The van der Waals surface area contributed by atoms with Crippen LogP contribution in [0.3, 0.4) is 0 Å². The molecule has 2 aromatic carbocycles. The van der Waals surface area contributed by atoms with Crippen molar-refractivity contribution in [3.8, 4) is 0 Å². The van der Waals surface area contributed by atoms with Crippen LogP contribution in [0.5, 0.6) is 0 Å². The molecule has 0 heterocycles. The highest BCUT2D eigenvalue weighted by Crippen LogP contribution is 2.16. The van der Waals surface area contributed by atoms with Crippen LogP contribution < -0.4 is 11.9 Å². The predicted octanol–water partition coefficient (Wildman–Crippen LogP) is 2.80. The molecule has 0 radical (unpaired) electrons. The molecule has 0 aliphatic heterocycles. The van der Waals surface area contributed by atoms with Crippen molar-refractivity contribution in [2.24, 2.45) is 0 Å². The van der Waals surface area contributed by atoms with E-state index >= 15 is 0 Å². The van der Waals surface area contributed by atoms with Crippen molar-refractivity contribution in [2.75, 3.05) is 5.73 Å². The highest BCUT2D eigenvalue weighted by molar-refractivity contribution is 6.11. The molecule has 0 fully saturated rings. The molecule has 0 atom stereocenters. The van der Waals surface area contributed by atoms with Gasteiger partial charge in [0.1, 0.15) is 5.82 Å². The summed E-state index contributed by atoms with van der Waals surface area (Å²) in [7, 11) is 0. The molecule has 5 N–H and O–H groups in total. The number of nitrogen functional groups attached to an aromatic ring is 1. The Morgan fingerprint density at radius 3 is 2.18 bits per heavy atom. The third-order valence-corrected chi connectivity index (χ3v) is 2.31. The van der Waals surface area contributed by atoms with Gasteiger partial charge in [0, 0.05) is 16.8 Å². The smallest absolute Gasteiger partial charge is 0.195 e. The maximum atomic E-state index is 12.7. The average Bonchev–Trinajstić information content (AvgIpc) is 2.30. The van der Waals surface area contributed by atoms with Crippen molar-refractivity contribution in [1.29, 1.82) is 0 Å². The molecule has 0 aliphatic rings. The minimum atomic E-state index is -0.363. The van der Waals surface area contributed by atoms with E-state index in [2.05, 4.69) is 0 Å². The molecule has 2 rings (SSSR count). The van der Waals surface area contributed by atoms with Crippen LogP contribution in [-0.4, -0.2) is 5.78 Å². The van der Waals surface area contributed by atoms with Gasteiger partial charge in [-0.15, -0.1) is 0 Å². The van der Waals surface area contributed by atoms with Crippen LogP contribution >= 0.6 is 0 Å². The number of para-hydroxylation sites is 1. The fourth-order valence-electron chi connectivity index (χ4n) is 1.46. The maximum Gasteiger partial charge on any atom is 0.195 e. The molecule has 4 heteroatoms. The van der Waals surface area contributed by atoms with Gasteiger partial charge in [0.05, 0.1) is 0 Å². The molecular formula is C13H13FN2O. The molecule has 0 aromatic heterocycles. The Bertz CT molecular complexity index is 523. The molecular weight excluding hydrogens is 219 g/mol. The summed E-state index contributed by atoms with van der Waals surface area (Å²) < 4.78 is 12.7. The Morgan fingerprint density at radius 1 is 1.00 bits per heavy atom. The van der Waals surface area contributed by atoms with Crippen LogP contribution in [0.1, 0.15) is 15.9 Å². The van der Waals surface area contributed by atoms with E-state index in [1.807, 2.05) is 0 Å². The number of halogens is 1. The van der Waals surface area contributed by atoms with E-state index in [0.717, 1.165) is 0 Å². The quantitative estimate of drug-likeness (QED) is 0.617. The number of hydrogen-bond acceptors (Lipinski definition) is 3. The van der Waals surface area contributed by atoms with Gasteiger partial charge in [-0.1, -0.05) is 12.1 Å². The summed E-state index contributed by atoms with van der Waals surface area (Å²) >= 11 is 0. The highest BCUT2D eigenvalue weighted by Gasteiger charge is 2.11. The van der Waals surface area contributed by atoms with Crippen molar-refractivity contribution >= 4 is 11.5 Å². The summed E-state index contributed by atoms with van der Waals surface area (Å²) in [6, 6.07) is 12.2. The lowest BCUT2D eigenvalue weighted by atomic mass is 10.0. The molecule has 0 unspecified atom stereocenters. The van der Waals surface area contributed by atoms with E-state index in [9.17, 15) is 9.18 Å². The third-order valence-electron chi connectivity index (χ3n) is 2.31. The lowest BCUT2D eigenvalue weighted by Crippen LogP contribution is -2.04. The lowest BCUT2D eigenvalue weighted by Gasteiger charge is -2.04. The van der Waals surface area contributed by atoms with Gasteiger partial charge >= 0.3 is 0 Å². The molecule has 0 saturated carbocycles. The Balaban J connectivity index is 0.00000144. The van der Waals surface area contributed by atoms with Crippen molar-refractivity contribution < 1.29 is 9.18 Å². The SMILES string of the molecule is N.Nc1ccccc1C(=O)c1ccc(F)cc1. The molecule has 3 nitrogen and oxygen atoms in total. The number of anilines is 1. The number of benzene rings is 2. The first-order valence-corrected chi connectivity index (χ1v) is 4.83. The summed E-state index contributed by atoms with van der Waals surface area (Å²) in [5.41, 5.74) is 6.99. The fraction of sp³-hybridized carbons (Fsp3) is 0. The lowest BCUT2D eigenvalue weighted by molar-refractivity contribution is 0.103. The topological polar surface area (TPSA) is 78.1 Å². The monoisotopic (exact) mass is 232 g/mol. The van der Waals surface area contributed by atoms with Crippen LogP contribution in [-0.2, 0) is 0 Å².